The molecular weight excluding hydrogens is 368 g/mol. The van der Waals surface area contributed by atoms with Crippen LogP contribution in [0.4, 0.5) is 0 Å². The summed E-state index contributed by atoms with van der Waals surface area (Å²) >= 11 is 0. The van der Waals surface area contributed by atoms with Crippen LogP contribution in [0.5, 0.6) is 0 Å². The lowest BCUT2D eigenvalue weighted by atomic mass is 10.0. The molecule has 1 aromatic carbocycles. The van der Waals surface area contributed by atoms with Gasteiger partial charge < -0.3 is 5.11 Å². The van der Waals surface area contributed by atoms with Crippen LogP contribution >= 0.6 is 0 Å². The van der Waals surface area contributed by atoms with Crippen LogP contribution in [0.3, 0.4) is 0 Å². The smallest absolute Gasteiger partial charge is 0.336 e. The van der Waals surface area contributed by atoms with E-state index in [1.54, 1.807) is 30.6 Å². The minimum absolute atomic E-state index is 0.152. The SMILES string of the molecule is CN(C)S(=O)(=O)N1CC[C@@H](Cc2cncc(-c3ccccc3C(=O)O)n2)C1. The maximum absolute atomic E-state index is 12.2. The van der Waals surface area contributed by atoms with Crippen molar-refractivity contribution in [2.24, 2.45) is 5.92 Å². The summed E-state index contributed by atoms with van der Waals surface area (Å²) < 4.78 is 27.2. The third-order valence-corrected chi connectivity index (χ3v) is 6.56. The van der Waals surface area contributed by atoms with Gasteiger partial charge in [0.15, 0.2) is 0 Å². The van der Waals surface area contributed by atoms with Crippen LogP contribution in [0.25, 0.3) is 11.3 Å². The highest BCUT2D eigenvalue weighted by molar-refractivity contribution is 7.86. The van der Waals surface area contributed by atoms with Crippen LogP contribution in [-0.4, -0.2) is 65.3 Å². The highest BCUT2D eigenvalue weighted by atomic mass is 32.2. The zero-order valence-corrected chi connectivity index (χ0v) is 16.1. The molecule has 0 saturated carbocycles. The van der Waals surface area contributed by atoms with Gasteiger partial charge in [-0.25, -0.2) is 9.78 Å². The molecular formula is C18H22N4O4S. The Morgan fingerprint density at radius 2 is 2.04 bits per heavy atom. The van der Waals surface area contributed by atoms with Gasteiger partial charge in [0.05, 0.1) is 23.1 Å². The summed E-state index contributed by atoms with van der Waals surface area (Å²) in [5.41, 5.74) is 1.92. The normalized spacial score (nSPS) is 18.1. The van der Waals surface area contributed by atoms with Crippen LogP contribution in [0.1, 0.15) is 22.5 Å². The Hall–Kier alpha value is -2.36. The van der Waals surface area contributed by atoms with Crippen LogP contribution in [0.2, 0.25) is 0 Å². The molecule has 1 aliphatic heterocycles. The summed E-state index contributed by atoms with van der Waals surface area (Å²) in [5.74, 6) is -0.864. The number of carboxylic acids is 1. The van der Waals surface area contributed by atoms with Crippen molar-refractivity contribution in [1.29, 1.82) is 0 Å². The predicted octanol–water partition coefficient (Wildman–Crippen LogP) is 1.51. The molecule has 1 fully saturated rings. The van der Waals surface area contributed by atoms with Crippen LogP contribution in [0, 0.1) is 5.92 Å². The molecule has 1 saturated heterocycles. The molecule has 3 rings (SSSR count). The number of aromatic nitrogens is 2. The molecule has 0 amide bonds. The van der Waals surface area contributed by atoms with Gasteiger partial charge in [0.2, 0.25) is 0 Å². The number of hydrogen-bond acceptors (Lipinski definition) is 5. The Labute approximate surface area is 158 Å². The number of nitrogens with zero attached hydrogens (tertiary/aromatic N) is 4. The van der Waals surface area contributed by atoms with Gasteiger partial charge in [0.25, 0.3) is 10.2 Å². The molecule has 0 aliphatic carbocycles. The number of hydrogen-bond donors (Lipinski definition) is 1. The quantitative estimate of drug-likeness (QED) is 0.802. The van der Waals surface area contributed by atoms with E-state index in [0.29, 0.717) is 30.8 Å². The first-order valence-electron chi connectivity index (χ1n) is 8.60. The second kappa shape index (κ2) is 7.71. The Bertz CT molecular complexity index is 946. The van der Waals surface area contributed by atoms with Gasteiger partial charge in [0.1, 0.15) is 0 Å². The first-order valence-corrected chi connectivity index (χ1v) is 10.00. The fourth-order valence-corrected chi connectivity index (χ4v) is 4.42. The fraction of sp³-hybridized carbons (Fsp3) is 0.389. The maximum atomic E-state index is 12.2. The summed E-state index contributed by atoms with van der Waals surface area (Å²) in [4.78, 5) is 20.2. The Morgan fingerprint density at radius 1 is 1.30 bits per heavy atom. The van der Waals surface area contributed by atoms with E-state index < -0.39 is 16.2 Å². The van der Waals surface area contributed by atoms with Gasteiger partial charge in [-0.15, -0.1) is 0 Å². The van der Waals surface area contributed by atoms with Gasteiger partial charge >= 0.3 is 5.97 Å². The average molecular weight is 390 g/mol. The molecule has 0 spiro atoms. The van der Waals surface area contributed by atoms with Crippen molar-refractivity contribution in [2.75, 3.05) is 27.2 Å². The van der Waals surface area contributed by atoms with Crippen molar-refractivity contribution in [3.63, 3.8) is 0 Å². The summed E-state index contributed by atoms with van der Waals surface area (Å²) in [7, 11) is -0.352. The molecule has 0 unspecified atom stereocenters. The molecule has 1 atom stereocenters. The lowest BCUT2D eigenvalue weighted by molar-refractivity contribution is 0.0697. The topological polar surface area (TPSA) is 104 Å². The third kappa shape index (κ3) is 4.15. The molecule has 2 heterocycles. The van der Waals surface area contributed by atoms with Gasteiger partial charge in [0, 0.05) is 38.9 Å². The molecule has 1 N–H and O–H groups in total. The minimum atomic E-state index is -3.40. The van der Waals surface area contributed by atoms with Crippen molar-refractivity contribution in [2.45, 2.75) is 12.8 Å². The van der Waals surface area contributed by atoms with E-state index in [9.17, 15) is 18.3 Å². The van der Waals surface area contributed by atoms with Crippen LogP contribution < -0.4 is 0 Å². The molecule has 27 heavy (non-hydrogen) atoms. The molecule has 1 aromatic heterocycles. The van der Waals surface area contributed by atoms with Gasteiger partial charge in [-0.05, 0) is 24.8 Å². The standard InChI is InChI=1S/C18H22N4O4S/c1-21(2)27(25,26)22-8-7-13(12-22)9-14-10-19-11-17(20-14)15-5-3-4-6-16(15)18(23)24/h3-6,10-11,13H,7-9,12H2,1-2H3,(H,23,24)/t13-/m0/s1. The van der Waals surface area contributed by atoms with E-state index in [-0.39, 0.29) is 11.5 Å². The Balaban J connectivity index is 1.78. The van der Waals surface area contributed by atoms with Gasteiger partial charge in [-0.3, -0.25) is 4.98 Å². The zero-order valence-electron chi connectivity index (χ0n) is 15.2. The zero-order chi connectivity index (χ0) is 19.6. The largest absolute Gasteiger partial charge is 0.478 e. The maximum Gasteiger partial charge on any atom is 0.336 e. The van der Waals surface area contributed by atoms with E-state index in [0.717, 1.165) is 12.1 Å². The van der Waals surface area contributed by atoms with Crippen molar-refractivity contribution >= 4 is 16.2 Å². The third-order valence-electron chi connectivity index (χ3n) is 4.65. The first-order chi connectivity index (χ1) is 12.8. The lowest BCUT2D eigenvalue weighted by Gasteiger charge is -2.20. The first kappa shape index (κ1) is 19.4. The van der Waals surface area contributed by atoms with E-state index in [1.165, 1.54) is 28.8 Å². The predicted molar refractivity (Wildman–Crippen MR) is 100 cm³/mol. The minimum Gasteiger partial charge on any atom is -0.478 e. The van der Waals surface area contributed by atoms with E-state index >= 15 is 0 Å². The van der Waals surface area contributed by atoms with Crippen molar-refractivity contribution in [3.05, 3.63) is 47.9 Å². The summed E-state index contributed by atoms with van der Waals surface area (Å²) in [5, 5.41) is 9.36. The van der Waals surface area contributed by atoms with Gasteiger partial charge in [-0.2, -0.15) is 17.0 Å². The number of benzene rings is 1. The number of carboxylic acid groups (broad SMARTS) is 1. The van der Waals surface area contributed by atoms with E-state index in [4.69, 9.17) is 0 Å². The highest BCUT2D eigenvalue weighted by Crippen LogP contribution is 2.25. The van der Waals surface area contributed by atoms with Crippen LogP contribution in [-0.2, 0) is 16.6 Å². The molecule has 0 radical (unpaired) electrons. The number of aromatic carboxylic acids is 1. The molecule has 1 aliphatic rings. The monoisotopic (exact) mass is 390 g/mol. The molecule has 144 valence electrons. The summed E-state index contributed by atoms with van der Waals surface area (Å²) in [6, 6.07) is 6.67. The summed E-state index contributed by atoms with van der Waals surface area (Å²) in [6.45, 7) is 0.929. The Kier molecular flexibility index (Phi) is 5.54. The Morgan fingerprint density at radius 3 is 2.74 bits per heavy atom. The van der Waals surface area contributed by atoms with E-state index in [2.05, 4.69) is 9.97 Å². The van der Waals surface area contributed by atoms with Crippen molar-refractivity contribution in [3.8, 4) is 11.3 Å². The second-order valence-electron chi connectivity index (χ2n) is 6.75. The summed E-state index contributed by atoms with van der Waals surface area (Å²) in [6.07, 6.45) is 4.54. The molecule has 8 nitrogen and oxygen atoms in total. The van der Waals surface area contributed by atoms with Crippen LogP contribution in [0.15, 0.2) is 36.7 Å². The molecule has 9 heteroatoms. The number of carbonyl (C=O) groups is 1. The van der Waals surface area contributed by atoms with Crippen molar-refractivity contribution < 1.29 is 18.3 Å². The average Bonchev–Trinajstić information content (AvgIpc) is 3.11. The van der Waals surface area contributed by atoms with Gasteiger partial charge in [-0.1, -0.05) is 18.2 Å². The number of rotatable bonds is 6. The fourth-order valence-electron chi connectivity index (χ4n) is 3.23. The lowest BCUT2D eigenvalue weighted by Crippen LogP contribution is -2.38. The van der Waals surface area contributed by atoms with Crippen molar-refractivity contribution in [1.82, 2.24) is 18.6 Å². The molecule has 2 aromatic rings. The second-order valence-corrected chi connectivity index (χ2v) is 8.90. The van der Waals surface area contributed by atoms with E-state index in [1.807, 2.05) is 0 Å². The molecule has 0 bridgehead atoms. The highest BCUT2D eigenvalue weighted by Gasteiger charge is 2.32.